The van der Waals surface area contributed by atoms with Gasteiger partial charge in [-0.2, -0.15) is 0 Å². The fourth-order valence-corrected chi connectivity index (χ4v) is 1.06. The molecule has 0 bridgehead atoms. The molecule has 0 spiro atoms. The van der Waals surface area contributed by atoms with Gasteiger partial charge in [-0.25, -0.2) is 11.3 Å². The molecule has 1 heterocycles. The van der Waals surface area contributed by atoms with Gasteiger partial charge in [0.2, 0.25) is 0 Å². The first-order valence-electron chi connectivity index (χ1n) is 3.60. The van der Waals surface area contributed by atoms with Crippen LogP contribution >= 0.6 is 0 Å². The summed E-state index contributed by atoms with van der Waals surface area (Å²) in [6, 6.07) is 7.69. The van der Waals surface area contributed by atoms with E-state index in [9.17, 15) is 0 Å². The molecule has 4 nitrogen and oxygen atoms in total. The van der Waals surface area contributed by atoms with Gasteiger partial charge in [0.25, 0.3) is 0 Å². The van der Waals surface area contributed by atoms with Crippen molar-refractivity contribution in [3.05, 3.63) is 35.6 Å². The fourth-order valence-electron chi connectivity index (χ4n) is 1.06. The molecule has 0 fully saturated rings. The Balaban J connectivity index is 2.41. The number of hydrogen-bond acceptors (Lipinski definition) is 4. The van der Waals surface area contributed by atoms with Crippen molar-refractivity contribution in [2.24, 2.45) is 5.84 Å². The lowest BCUT2D eigenvalue weighted by Gasteiger charge is -2.17. The van der Waals surface area contributed by atoms with Crippen LogP contribution in [0, 0.1) is 0 Å². The summed E-state index contributed by atoms with van der Waals surface area (Å²) in [6.45, 7) is 0. The predicted octanol–water partition coefficient (Wildman–Crippen LogP) is 0.345. The Morgan fingerprint density at radius 2 is 2.17 bits per heavy atom. The van der Waals surface area contributed by atoms with Gasteiger partial charge in [0, 0.05) is 5.56 Å². The molecule has 0 radical (unpaired) electrons. The minimum Gasteiger partial charge on any atom is -0.380 e. The molecule has 0 atom stereocenters. The summed E-state index contributed by atoms with van der Waals surface area (Å²) >= 11 is 0. The third kappa shape index (κ3) is 1.08. The second-order valence-electron chi connectivity index (χ2n) is 2.44. The minimum absolute atomic E-state index is 0.647. The van der Waals surface area contributed by atoms with Crippen LogP contribution in [0.2, 0.25) is 0 Å². The molecule has 0 amide bonds. The first-order valence-corrected chi connectivity index (χ1v) is 3.60. The Bertz CT molecular complexity index is 322. The van der Waals surface area contributed by atoms with Crippen LogP contribution in [0.3, 0.4) is 0 Å². The van der Waals surface area contributed by atoms with Crippen molar-refractivity contribution in [2.45, 2.75) is 0 Å². The Morgan fingerprint density at radius 1 is 1.33 bits per heavy atom. The molecule has 4 heteroatoms. The predicted molar refractivity (Wildman–Crippen MR) is 45.5 cm³/mol. The lowest BCUT2D eigenvalue weighted by molar-refractivity contribution is 0.216. The van der Waals surface area contributed by atoms with Crippen molar-refractivity contribution in [2.75, 3.05) is 0 Å². The molecular formula is C8H9N3O. The number of hydroxylamine groups is 1. The van der Waals surface area contributed by atoms with Gasteiger partial charge in [0.1, 0.15) is 5.82 Å². The SMILES string of the molecule is NNC1=Cc2ccccc2ON1. The second kappa shape index (κ2) is 2.75. The van der Waals surface area contributed by atoms with Gasteiger partial charge >= 0.3 is 0 Å². The zero-order valence-corrected chi connectivity index (χ0v) is 6.37. The van der Waals surface area contributed by atoms with E-state index in [-0.39, 0.29) is 0 Å². The highest BCUT2D eigenvalue weighted by Crippen LogP contribution is 2.22. The monoisotopic (exact) mass is 163 g/mol. The first kappa shape index (κ1) is 7.00. The number of para-hydroxylation sites is 1. The molecule has 0 aliphatic carbocycles. The molecule has 4 N–H and O–H groups in total. The summed E-state index contributed by atoms with van der Waals surface area (Å²) in [4.78, 5) is 5.17. The van der Waals surface area contributed by atoms with E-state index in [2.05, 4.69) is 10.9 Å². The maximum atomic E-state index is 5.20. The van der Waals surface area contributed by atoms with E-state index in [1.165, 1.54) is 0 Å². The van der Waals surface area contributed by atoms with E-state index >= 15 is 0 Å². The van der Waals surface area contributed by atoms with Crippen LogP contribution in [-0.2, 0) is 0 Å². The summed E-state index contributed by atoms with van der Waals surface area (Å²) in [7, 11) is 0. The highest BCUT2D eigenvalue weighted by molar-refractivity contribution is 5.60. The topological polar surface area (TPSA) is 59.3 Å². The molecule has 1 aliphatic heterocycles. The van der Waals surface area contributed by atoms with Crippen LogP contribution in [0.15, 0.2) is 30.1 Å². The number of hydrogen-bond donors (Lipinski definition) is 3. The van der Waals surface area contributed by atoms with E-state index in [1.54, 1.807) is 0 Å². The zero-order valence-electron chi connectivity index (χ0n) is 6.37. The summed E-state index contributed by atoms with van der Waals surface area (Å²) in [5.74, 6) is 6.65. The number of nitrogens with one attached hydrogen (secondary N) is 2. The van der Waals surface area contributed by atoms with Crippen LogP contribution in [0.4, 0.5) is 0 Å². The van der Waals surface area contributed by atoms with Gasteiger partial charge in [-0.1, -0.05) is 18.2 Å². The molecule has 0 unspecified atom stereocenters. The number of fused-ring (bicyclic) bond motifs is 1. The normalized spacial score (nSPS) is 13.6. The van der Waals surface area contributed by atoms with Crippen LogP contribution in [0.5, 0.6) is 5.75 Å². The highest BCUT2D eigenvalue weighted by atomic mass is 16.6. The minimum atomic E-state index is 0.647. The molecule has 1 aliphatic rings. The number of rotatable bonds is 1. The lowest BCUT2D eigenvalue weighted by Crippen LogP contribution is -2.35. The van der Waals surface area contributed by atoms with Gasteiger partial charge in [-0.15, -0.1) is 0 Å². The third-order valence-electron chi connectivity index (χ3n) is 1.65. The molecule has 2 rings (SSSR count). The van der Waals surface area contributed by atoms with Gasteiger partial charge in [-0.05, 0) is 12.1 Å². The summed E-state index contributed by atoms with van der Waals surface area (Å²) in [6.07, 6.45) is 1.87. The Labute approximate surface area is 69.9 Å². The van der Waals surface area contributed by atoms with E-state index in [1.807, 2.05) is 30.3 Å². The van der Waals surface area contributed by atoms with Crippen molar-refractivity contribution in [1.29, 1.82) is 0 Å². The molecule has 0 saturated carbocycles. The van der Waals surface area contributed by atoms with E-state index in [0.717, 1.165) is 11.3 Å². The fraction of sp³-hybridized carbons (Fsp3) is 0. The van der Waals surface area contributed by atoms with Crippen LogP contribution in [0.1, 0.15) is 5.56 Å². The average Bonchev–Trinajstić information content (AvgIpc) is 2.17. The first-order chi connectivity index (χ1) is 5.90. The molecule has 0 saturated heterocycles. The quantitative estimate of drug-likeness (QED) is 0.413. The van der Waals surface area contributed by atoms with Crippen molar-refractivity contribution >= 4 is 6.08 Å². The zero-order chi connectivity index (χ0) is 8.39. The average molecular weight is 163 g/mol. The maximum Gasteiger partial charge on any atom is 0.162 e. The molecular weight excluding hydrogens is 154 g/mol. The highest BCUT2D eigenvalue weighted by Gasteiger charge is 2.07. The molecule has 1 aromatic rings. The van der Waals surface area contributed by atoms with Crippen LogP contribution in [0.25, 0.3) is 6.08 Å². The number of hydrazine groups is 1. The Hall–Kier alpha value is -1.68. The van der Waals surface area contributed by atoms with Crippen LogP contribution in [-0.4, -0.2) is 0 Å². The largest absolute Gasteiger partial charge is 0.380 e. The molecule has 62 valence electrons. The maximum absolute atomic E-state index is 5.20. The van der Waals surface area contributed by atoms with Crippen molar-refractivity contribution in [3.63, 3.8) is 0 Å². The molecule has 0 aromatic heterocycles. The smallest absolute Gasteiger partial charge is 0.162 e. The lowest BCUT2D eigenvalue weighted by atomic mass is 10.2. The Morgan fingerprint density at radius 3 is 3.00 bits per heavy atom. The number of benzene rings is 1. The van der Waals surface area contributed by atoms with E-state index < -0.39 is 0 Å². The molecule has 12 heavy (non-hydrogen) atoms. The van der Waals surface area contributed by atoms with E-state index in [0.29, 0.717) is 5.82 Å². The standard InChI is InChI=1S/C8H9N3O/c9-10-8-5-6-3-1-2-4-7(6)12-11-8/h1-5,10-11H,9H2. The van der Waals surface area contributed by atoms with Gasteiger partial charge < -0.3 is 10.3 Å². The summed E-state index contributed by atoms with van der Waals surface area (Å²) < 4.78 is 0. The van der Waals surface area contributed by atoms with Crippen molar-refractivity contribution in [1.82, 2.24) is 10.9 Å². The summed E-state index contributed by atoms with van der Waals surface area (Å²) in [5, 5.41) is 0. The Kier molecular flexibility index (Phi) is 1.60. The molecule has 1 aromatic carbocycles. The van der Waals surface area contributed by atoms with Crippen molar-refractivity contribution in [3.8, 4) is 5.75 Å². The van der Waals surface area contributed by atoms with Gasteiger partial charge in [0.05, 0.1) is 0 Å². The van der Waals surface area contributed by atoms with Crippen molar-refractivity contribution < 1.29 is 4.84 Å². The van der Waals surface area contributed by atoms with E-state index in [4.69, 9.17) is 10.7 Å². The summed E-state index contributed by atoms with van der Waals surface area (Å²) in [5.41, 5.74) is 6.12. The third-order valence-corrected chi connectivity index (χ3v) is 1.65. The van der Waals surface area contributed by atoms with Gasteiger partial charge in [0.15, 0.2) is 5.75 Å². The van der Waals surface area contributed by atoms with Crippen LogP contribution < -0.4 is 21.6 Å². The van der Waals surface area contributed by atoms with Gasteiger partial charge in [-0.3, -0.25) is 0 Å². The second-order valence-corrected chi connectivity index (χ2v) is 2.44. The number of nitrogens with two attached hydrogens (primary N) is 1.